The van der Waals surface area contributed by atoms with Crippen molar-refractivity contribution in [1.29, 1.82) is 5.26 Å². The quantitative estimate of drug-likeness (QED) is 0.876. The van der Waals surface area contributed by atoms with Gasteiger partial charge in [0.05, 0.1) is 11.6 Å². The molecule has 3 rings (SSSR count). The molecule has 0 aromatic carbocycles. The van der Waals surface area contributed by atoms with E-state index < -0.39 is 6.09 Å². The zero-order valence-corrected chi connectivity index (χ0v) is 12.2. The molecule has 0 atom stereocenters. The minimum absolute atomic E-state index is 0.142. The lowest BCUT2D eigenvalue weighted by Crippen LogP contribution is -2.18. The molecule has 1 aliphatic carbocycles. The molecule has 1 N–H and O–H groups in total. The van der Waals surface area contributed by atoms with Gasteiger partial charge in [0, 0.05) is 12.3 Å². The molecule has 1 fully saturated rings. The van der Waals surface area contributed by atoms with E-state index in [4.69, 9.17) is 21.6 Å². The molecule has 22 heavy (non-hydrogen) atoms. The van der Waals surface area contributed by atoms with Crippen LogP contribution in [-0.2, 0) is 0 Å². The first-order valence-electron chi connectivity index (χ1n) is 6.66. The van der Waals surface area contributed by atoms with Crippen LogP contribution in [0.4, 0.5) is 10.6 Å². The first-order chi connectivity index (χ1) is 10.6. The summed E-state index contributed by atoms with van der Waals surface area (Å²) < 4.78 is 5.12. The maximum absolute atomic E-state index is 11.9. The van der Waals surface area contributed by atoms with Crippen LogP contribution < -0.4 is 10.1 Å². The minimum Gasteiger partial charge on any atom is -0.391 e. The number of hydrogen-bond donors (Lipinski definition) is 1. The Morgan fingerprint density at radius 2 is 2.23 bits per heavy atom. The molecule has 0 spiro atoms. The largest absolute Gasteiger partial charge is 0.419 e. The van der Waals surface area contributed by atoms with Gasteiger partial charge in [-0.1, -0.05) is 11.6 Å². The number of carbonyl (C=O) groups excluding carboxylic acids is 1. The molecule has 1 saturated carbocycles. The number of nitriles is 1. The van der Waals surface area contributed by atoms with E-state index in [2.05, 4.69) is 15.3 Å². The van der Waals surface area contributed by atoms with E-state index in [1.54, 1.807) is 12.1 Å². The van der Waals surface area contributed by atoms with Crippen LogP contribution in [0.15, 0.2) is 30.5 Å². The highest BCUT2D eigenvalue weighted by Crippen LogP contribution is 2.41. The van der Waals surface area contributed by atoms with E-state index in [-0.39, 0.29) is 16.9 Å². The fourth-order valence-corrected chi connectivity index (χ4v) is 2.20. The van der Waals surface area contributed by atoms with Crippen molar-refractivity contribution in [2.75, 3.05) is 5.32 Å². The minimum atomic E-state index is -0.737. The van der Waals surface area contributed by atoms with Gasteiger partial charge in [-0.25, -0.2) is 14.8 Å². The summed E-state index contributed by atoms with van der Waals surface area (Å²) in [6.07, 6.45) is 2.91. The standard InChI is InChI=1S/C15H11ClN4O2/c16-12-6-11(10-1-2-10)7-14(19-12)22-15(21)20-13-5-9(8-17)3-4-18-13/h3-7,10H,1-2H2,(H,18,20,21). The predicted octanol–water partition coefficient (Wildman–Crippen LogP) is 3.49. The Hall–Kier alpha value is -2.65. The molecule has 1 amide bonds. The van der Waals surface area contributed by atoms with Crippen molar-refractivity contribution >= 4 is 23.5 Å². The molecule has 0 radical (unpaired) electrons. The van der Waals surface area contributed by atoms with Crippen molar-refractivity contribution in [3.05, 3.63) is 46.7 Å². The predicted molar refractivity (Wildman–Crippen MR) is 79.8 cm³/mol. The number of rotatable bonds is 3. The second kappa shape index (κ2) is 6.00. The van der Waals surface area contributed by atoms with Gasteiger partial charge in [-0.2, -0.15) is 5.26 Å². The number of aromatic nitrogens is 2. The first kappa shape index (κ1) is 14.3. The Morgan fingerprint density at radius 3 is 2.95 bits per heavy atom. The van der Waals surface area contributed by atoms with Crippen molar-refractivity contribution in [3.8, 4) is 11.9 Å². The van der Waals surface area contributed by atoms with Crippen LogP contribution in [0.2, 0.25) is 5.15 Å². The SMILES string of the molecule is N#Cc1ccnc(NC(=O)Oc2cc(C3CC3)cc(Cl)n2)c1. The lowest BCUT2D eigenvalue weighted by molar-refractivity contribution is 0.213. The van der Waals surface area contributed by atoms with Gasteiger partial charge in [-0.3, -0.25) is 5.32 Å². The third kappa shape index (κ3) is 3.51. The van der Waals surface area contributed by atoms with E-state index in [0.29, 0.717) is 11.5 Å². The summed E-state index contributed by atoms with van der Waals surface area (Å²) in [6.45, 7) is 0. The normalized spacial score (nSPS) is 13.3. The molecule has 1 aliphatic rings. The van der Waals surface area contributed by atoms with Crippen LogP contribution in [0, 0.1) is 11.3 Å². The first-order valence-corrected chi connectivity index (χ1v) is 7.04. The topological polar surface area (TPSA) is 87.9 Å². The molecule has 2 aromatic heterocycles. The van der Waals surface area contributed by atoms with Crippen LogP contribution >= 0.6 is 11.6 Å². The summed E-state index contributed by atoms with van der Waals surface area (Å²) in [5, 5.41) is 11.5. The number of ether oxygens (including phenoxy) is 1. The third-order valence-corrected chi connectivity index (χ3v) is 3.35. The number of halogens is 1. The van der Waals surface area contributed by atoms with Gasteiger partial charge in [0.2, 0.25) is 5.88 Å². The zero-order chi connectivity index (χ0) is 15.5. The number of anilines is 1. The molecule has 2 aromatic rings. The number of carbonyl (C=O) groups is 1. The second-order valence-electron chi connectivity index (χ2n) is 4.89. The highest BCUT2D eigenvalue weighted by molar-refractivity contribution is 6.29. The van der Waals surface area contributed by atoms with Crippen LogP contribution in [-0.4, -0.2) is 16.1 Å². The number of nitrogens with one attached hydrogen (secondary N) is 1. The van der Waals surface area contributed by atoms with Gasteiger partial charge in [0.25, 0.3) is 0 Å². The van der Waals surface area contributed by atoms with Gasteiger partial charge in [-0.15, -0.1) is 0 Å². The van der Waals surface area contributed by atoms with E-state index in [0.717, 1.165) is 18.4 Å². The van der Waals surface area contributed by atoms with Crippen molar-refractivity contribution in [2.24, 2.45) is 0 Å². The van der Waals surface area contributed by atoms with Gasteiger partial charge in [0.1, 0.15) is 11.0 Å². The maximum atomic E-state index is 11.9. The monoisotopic (exact) mass is 314 g/mol. The van der Waals surface area contributed by atoms with Crippen molar-refractivity contribution in [3.63, 3.8) is 0 Å². The van der Waals surface area contributed by atoms with Crippen molar-refractivity contribution in [1.82, 2.24) is 9.97 Å². The second-order valence-corrected chi connectivity index (χ2v) is 5.28. The summed E-state index contributed by atoms with van der Waals surface area (Å²) in [5.74, 6) is 0.844. The van der Waals surface area contributed by atoms with Crippen LogP contribution in [0.3, 0.4) is 0 Å². The fraction of sp³-hybridized carbons (Fsp3) is 0.200. The lowest BCUT2D eigenvalue weighted by Gasteiger charge is -2.07. The Kier molecular flexibility index (Phi) is 3.90. The highest BCUT2D eigenvalue weighted by atomic mass is 35.5. The smallest absolute Gasteiger partial charge is 0.391 e. The Balaban J connectivity index is 1.70. The fourth-order valence-electron chi connectivity index (χ4n) is 1.99. The molecule has 0 unspecified atom stereocenters. The molecule has 6 nitrogen and oxygen atoms in total. The van der Waals surface area contributed by atoms with Crippen LogP contribution in [0.1, 0.15) is 29.9 Å². The molecule has 0 aliphatic heterocycles. The summed E-state index contributed by atoms with van der Waals surface area (Å²) in [7, 11) is 0. The molecule has 7 heteroatoms. The van der Waals surface area contributed by atoms with E-state index >= 15 is 0 Å². The summed E-state index contributed by atoms with van der Waals surface area (Å²) in [5.41, 5.74) is 1.41. The molecule has 2 heterocycles. The van der Waals surface area contributed by atoms with E-state index in [1.165, 1.54) is 18.3 Å². The number of pyridine rings is 2. The highest BCUT2D eigenvalue weighted by Gasteiger charge is 2.25. The number of nitrogens with zero attached hydrogens (tertiary/aromatic N) is 3. The molecular weight excluding hydrogens is 304 g/mol. The van der Waals surface area contributed by atoms with Gasteiger partial charge >= 0.3 is 6.09 Å². The van der Waals surface area contributed by atoms with Gasteiger partial charge in [0.15, 0.2) is 0 Å². The van der Waals surface area contributed by atoms with Crippen molar-refractivity contribution < 1.29 is 9.53 Å². The number of hydrogen-bond acceptors (Lipinski definition) is 5. The maximum Gasteiger partial charge on any atom is 0.419 e. The van der Waals surface area contributed by atoms with E-state index in [1.807, 2.05) is 6.07 Å². The molecule has 0 saturated heterocycles. The Labute approximate surface area is 131 Å². The van der Waals surface area contributed by atoms with Crippen LogP contribution in [0.25, 0.3) is 0 Å². The van der Waals surface area contributed by atoms with Gasteiger partial charge in [-0.05, 0) is 42.5 Å². The number of amides is 1. The Bertz CT molecular complexity index is 768. The summed E-state index contributed by atoms with van der Waals surface area (Å²) in [4.78, 5) is 19.8. The molecular formula is C15H11ClN4O2. The van der Waals surface area contributed by atoms with Crippen LogP contribution in [0.5, 0.6) is 5.88 Å². The molecule has 110 valence electrons. The Morgan fingerprint density at radius 1 is 1.41 bits per heavy atom. The summed E-state index contributed by atoms with van der Waals surface area (Å²) in [6, 6.07) is 8.44. The third-order valence-electron chi connectivity index (χ3n) is 3.16. The van der Waals surface area contributed by atoms with Gasteiger partial charge < -0.3 is 4.74 Å². The zero-order valence-electron chi connectivity index (χ0n) is 11.4. The van der Waals surface area contributed by atoms with Crippen molar-refractivity contribution in [2.45, 2.75) is 18.8 Å². The summed E-state index contributed by atoms with van der Waals surface area (Å²) >= 11 is 5.93. The average molecular weight is 315 g/mol. The van der Waals surface area contributed by atoms with E-state index in [9.17, 15) is 4.79 Å². The molecule has 0 bridgehead atoms. The average Bonchev–Trinajstić information content (AvgIpc) is 3.31. The lowest BCUT2D eigenvalue weighted by atomic mass is 10.2.